The van der Waals surface area contributed by atoms with Crippen molar-refractivity contribution in [2.24, 2.45) is 0 Å². The highest BCUT2D eigenvalue weighted by molar-refractivity contribution is 9.10. The number of nitrogens with one attached hydrogen (secondary N) is 1. The lowest BCUT2D eigenvalue weighted by Gasteiger charge is -2.28. The predicted molar refractivity (Wildman–Crippen MR) is 155 cm³/mol. The molecule has 1 saturated heterocycles. The normalized spacial score (nSPS) is 17.0. The van der Waals surface area contributed by atoms with Gasteiger partial charge >= 0.3 is 0 Å². The number of aromatic nitrogens is 2. The maximum absolute atomic E-state index is 12.0. The summed E-state index contributed by atoms with van der Waals surface area (Å²) in [5.41, 5.74) is 6.09. The molecule has 1 N–H and O–H groups in total. The van der Waals surface area contributed by atoms with Gasteiger partial charge < -0.3 is 19.5 Å². The maximum atomic E-state index is 12.0. The van der Waals surface area contributed by atoms with E-state index in [-0.39, 0.29) is 22.7 Å². The predicted octanol–water partition coefficient (Wildman–Crippen LogP) is 6.65. The van der Waals surface area contributed by atoms with Gasteiger partial charge in [-0.25, -0.2) is 0 Å². The molecule has 2 atom stereocenters. The molecule has 0 amide bonds. The van der Waals surface area contributed by atoms with Crippen molar-refractivity contribution in [1.29, 1.82) is 0 Å². The van der Waals surface area contributed by atoms with Crippen LogP contribution in [0.25, 0.3) is 5.69 Å². The van der Waals surface area contributed by atoms with Crippen molar-refractivity contribution >= 4 is 44.6 Å². The molecule has 0 radical (unpaired) electrons. The van der Waals surface area contributed by atoms with Crippen LogP contribution >= 0.6 is 28.1 Å². The molecule has 1 fully saturated rings. The van der Waals surface area contributed by atoms with E-state index in [1.807, 2.05) is 55.7 Å². The van der Waals surface area contributed by atoms with Gasteiger partial charge in [0.1, 0.15) is 11.4 Å². The fraction of sp³-hybridized carbons (Fsp3) is 0.214. The van der Waals surface area contributed by atoms with Gasteiger partial charge in [0.25, 0.3) is 5.69 Å². The highest BCUT2D eigenvalue weighted by Gasteiger charge is 2.42. The quantitative estimate of drug-likeness (QED) is 0.152. The summed E-state index contributed by atoms with van der Waals surface area (Å²) < 4.78 is 8.19. The SMILES string of the molecule is COc1ccc(-n2c(C)cc([C@H]3[C@H](c4ccccn4)NC(=S)N3c3ccc(Br)c(C)c3)c2C)c([N+](=O)[O-])c1. The van der Waals surface area contributed by atoms with Crippen molar-refractivity contribution in [3.63, 3.8) is 0 Å². The second-order valence-corrected chi connectivity index (χ2v) is 10.4. The van der Waals surface area contributed by atoms with E-state index in [0.29, 0.717) is 16.5 Å². The molecule has 0 aliphatic carbocycles. The lowest BCUT2D eigenvalue weighted by molar-refractivity contribution is -0.384. The minimum absolute atomic E-state index is 0.0283. The highest BCUT2D eigenvalue weighted by Crippen LogP contribution is 2.44. The molecule has 10 heteroatoms. The van der Waals surface area contributed by atoms with Crippen molar-refractivity contribution in [3.05, 3.63) is 110 Å². The molecular formula is C28H26BrN5O3S. The molecule has 1 aliphatic rings. The number of ether oxygens (including phenoxy) is 1. The number of hydrogen-bond acceptors (Lipinski definition) is 5. The number of pyridine rings is 1. The lowest BCUT2D eigenvalue weighted by Crippen LogP contribution is -2.29. The monoisotopic (exact) mass is 591 g/mol. The number of benzene rings is 2. The van der Waals surface area contributed by atoms with E-state index < -0.39 is 0 Å². The van der Waals surface area contributed by atoms with Crippen molar-refractivity contribution < 1.29 is 9.66 Å². The number of nitrogens with zero attached hydrogens (tertiary/aromatic N) is 4. The maximum Gasteiger partial charge on any atom is 0.296 e. The average Bonchev–Trinajstić information content (AvgIpc) is 3.40. The number of anilines is 1. The van der Waals surface area contributed by atoms with Crippen LogP contribution in [0.5, 0.6) is 5.75 Å². The van der Waals surface area contributed by atoms with Crippen LogP contribution in [0.3, 0.4) is 0 Å². The number of halogens is 1. The smallest absolute Gasteiger partial charge is 0.296 e. The molecule has 194 valence electrons. The molecule has 2 aromatic carbocycles. The molecular weight excluding hydrogens is 566 g/mol. The fourth-order valence-corrected chi connectivity index (χ4v) is 5.74. The van der Waals surface area contributed by atoms with Gasteiger partial charge in [0.05, 0.1) is 35.9 Å². The van der Waals surface area contributed by atoms with Gasteiger partial charge in [-0.05, 0) is 92.6 Å². The van der Waals surface area contributed by atoms with Crippen LogP contribution in [0.4, 0.5) is 11.4 Å². The Morgan fingerprint density at radius 2 is 1.89 bits per heavy atom. The van der Waals surface area contributed by atoms with Gasteiger partial charge in [0.15, 0.2) is 5.11 Å². The zero-order valence-electron chi connectivity index (χ0n) is 21.3. The number of nitro groups is 1. The zero-order chi connectivity index (χ0) is 27.1. The summed E-state index contributed by atoms with van der Waals surface area (Å²) in [7, 11) is 1.50. The molecule has 5 rings (SSSR count). The third kappa shape index (κ3) is 4.43. The van der Waals surface area contributed by atoms with Gasteiger partial charge in [-0.1, -0.05) is 22.0 Å². The molecule has 1 aliphatic heterocycles. The first kappa shape index (κ1) is 25.9. The Kier molecular flexibility index (Phi) is 6.93. The van der Waals surface area contributed by atoms with E-state index in [4.69, 9.17) is 17.0 Å². The van der Waals surface area contributed by atoms with E-state index in [1.165, 1.54) is 13.2 Å². The molecule has 4 aromatic rings. The van der Waals surface area contributed by atoms with Crippen molar-refractivity contribution in [2.75, 3.05) is 12.0 Å². The Morgan fingerprint density at radius 1 is 1.11 bits per heavy atom. The van der Waals surface area contributed by atoms with Gasteiger partial charge in [-0.2, -0.15) is 0 Å². The number of methoxy groups -OCH3 is 1. The third-order valence-corrected chi connectivity index (χ3v) is 8.13. The number of rotatable bonds is 6. The minimum Gasteiger partial charge on any atom is -0.496 e. The average molecular weight is 593 g/mol. The Morgan fingerprint density at radius 3 is 2.55 bits per heavy atom. The van der Waals surface area contributed by atoms with Crippen LogP contribution in [0.15, 0.2) is 71.3 Å². The van der Waals surface area contributed by atoms with Gasteiger partial charge in [-0.15, -0.1) is 0 Å². The number of aryl methyl sites for hydroxylation is 2. The second kappa shape index (κ2) is 10.2. The summed E-state index contributed by atoms with van der Waals surface area (Å²) in [5, 5.41) is 16.1. The molecule has 3 heterocycles. The van der Waals surface area contributed by atoms with Crippen LogP contribution in [0.2, 0.25) is 0 Å². The Balaban J connectivity index is 1.71. The van der Waals surface area contributed by atoms with Crippen molar-refractivity contribution in [3.8, 4) is 11.4 Å². The highest BCUT2D eigenvalue weighted by atomic mass is 79.9. The van der Waals surface area contributed by atoms with E-state index >= 15 is 0 Å². The summed E-state index contributed by atoms with van der Waals surface area (Å²) in [4.78, 5) is 18.4. The Labute approximate surface area is 234 Å². The van der Waals surface area contributed by atoms with E-state index in [9.17, 15) is 10.1 Å². The second-order valence-electron chi connectivity index (χ2n) is 9.20. The molecule has 0 bridgehead atoms. The number of hydrogen-bond donors (Lipinski definition) is 1. The van der Waals surface area contributed by atoms with Gasteiger partial charge in [0, 0.05) is 27.7 Å². The molecule has 8 nitrogen and oxygen atoms in total. The summed E-state index contributed by atoms with van der Waals surface area (Å²) >= 11 is 9.47. The van der Waals surface area contributed by atoms with E-state index in [2.05, 4.69) is 43.3 Å². The summed E-state index contributed by atoms with van der Waals surface area (Å²) in [6.45, 7) is 5.98. The van der Waals surface area contributed by atoms with E-state index in [0.717, 1.165) is 38.4 Å². The van der Waals surface area contributed by atoms with Crippen LogP contribution in [-0.2, 0) is 0 Å². The van der Waals surface area contributed by atoms with Crippen LogP contribution < -0.4 is 15.0 Å². The standard InChI is InChI=1S/C28H26BrN5O3S/c1-16-13-19(8-10-22(16)29)33-27(26(31-28(33)38)23-7-5-6-12-30-23)21-14-17(2)32(18(21)3)24-11-9-20(37-4)15-25(24)34(35)36/h5-15,26-27H,1-4H3,(H,31,38)/t26-,27-/m0/s1. The van der Waals surface area contributed by atoms with Crippen molar-refractivity contribution in [2.45, 2.75) is 32.9 Å². The largest absolute Gasteiger partial charge is 0.496 e. The summed E-state index contributed by atoms with van der Waals surface area (Å²) in [6.07, 6.45) is 1.77. The van der Waals surface area contributed by atoms with Crippen LogP contribution in [0, 0.1) is 30.9 Å². The van der Waals surface area contributed by atoms with Gasteiger partial charge in [-0.3, -0.25) is 15.1 Å². The molecule has 0 saturated carbocycles. The minimum atomic E-state index is -0.379. The number of thiocarbonyl (C=S) groups is 1. The van der Waals surface area contributed by atoms with Crippen molar-refractivity contribution in [1.82, 2.24) is 14.9 Å². The van der Waals surface area contributed by atoms with Crippen LogP contribution in [-0.4, -0.2) is 26.7 Å². The third-order valence-electron chi connectivity index (χ3n) is 6.93. The molecule has 0 unspecified atom stereocenters. The summed E-state index contributed by atoms with van der Waals surface area (Å²) in [6, 6.07) is 18.5. The van der Waals surface area contributed by atoms with Gasteiger partial charge in [0.2, 0.25) is 0 Å². The molecule has 0 spiro atoms. The summed E-state index contributed by atoms with van der Waals surface area (Å²) in [5.74, 6) is 0.431. The first-order valence-electron chi connectivity index (χ1n) is 12.0. The van der Waals surface area contributed by atoms with E-state index in [1.54, 1.807) is 18.3 Å². The molecule has 2 aromatic heterocycles. The Hall–Kier alpha value is -3.76. The number of nitro benzene ring substituents is 1. The fourth-order valence-electron chi connectivity index (χ4n) is 5.15. The zero-order valence-corrected chi connectivity index (χ0v) is 23.7. The lowest BCUT2D eigenvalue weighted by atomic mass is 9.96. The topological polar surface area (TPSA) is 85.5 Å². The van der Waals surface area contributed by atoms with Crippen LogP contribution in [0.1, 0.15) is 40.3 Å². The first-order valence-corrected chi connectivity index (χ1v) is 13.2. The molecule has 38 heavy (non-hydrogen) atoms. The Bertz CT molecular complexity index is 1560. The first-order chi connectivity index (χ1) is 18.2.